The minimum atomic E-state index is -0.815. The fourth-order valence-corrected chi connectivity index (χ4v) is 10.7. The van der Waals surface area contributed by atoms with E-state index in [1.54, 1.807) is 0 Å². The molecule has 0 amide bonds. The third-order valence-electron chi connectivity index (χ3n) is 16.0. The van der Waals surface area contributed by atoms with E-state index in [2.05, 4.69) is 87.6 Å². The molecule has 0 spiro atoms. The molecule has 0 aromatic heterocycles. The highest BCUT2D eigenvalue weighted by atomic mass is 16.6. The SMILES string of the molecule is CC/C=C\C/C=C\C/C=C\C/C=C\C/C=C\C/C=C\CCC(=O)OC(COC(=O)CCCCCCCCCCCCCCCCCCC)COC(=O)CCCCCCCCCCCCCCCCCCCCCCCCCCCCCC. The van der Waals surface area contributed by atoms with Gasteiger partial charge in [-0.25, -0.2) is 0 Å². The molecule has 0 N–H and O–H groups in total. The summed E-state index contributed by atoms with van der Waals surface area (Å²) in [6.07, 6.45) is 92.4. The molecule has 0 heterocycles. The first kappa shape index (κ1) is 78.8. The topological polar surface area (TPSA) is 78.9 Å². The Morgan fingerprint density at radius 2 is 0.476 bits per heavy atom. The van der Waals surface area contributed by atoms with Gasteiger partial charge in [-0.15, -0.1) is 0 Å². The average molecular weight is 1150 g/mol. The quantitative estimate of drug-likeness (QED) is 0.0261. The predicted molar refractivity (Wildman–Crippen MR) is 358 cm³/mol. The Kier molecular flexibility index (Phi) is 67.6. The first-order valence-electron chi connectivity index (χ1n) is 35.9. The molecule has 0 radical (unpaired) electrons. The molecule has 6 nitrogen and oxygen atoms in total. The van der Waals surface area contributed by atoms with Gasteiger partial charge in [0.2, 0.25) is 0 Å². The molecule has 0 aliphatic heterocycles. The summed E-state index contributed by atoms with van der Waals surface area (Å²) >= 11 is 0. The van der Waals surface area contributed by atoms with E-state index < -0.39 is 6.10 Å². The first-order valence-corrected chi connectivity index (χ1v) is 35.9. The fraction of sp³-hybridized carbons (Fsp3) is 0.803. The summed E-state index contributed by atoms with van der Waals surface area (Å²) in [6.45, 7) is 6.53. The number of rotatable bonds is 66. The molecule has 0 bridgehead atoms. The zero-order valence-electron chi connectivity index (χ0n) is 54.8. The molecule has 82 heavy (non-hydrogen) atoms. The second-order valence-electron chi connectivity index (χ2n) is 24.1. The Hall–Kier alpha value is -3.15. The van der Waals surface area contributed by atoms with E-state index in [9.17, 15) is 14.4 Å². The summed E-state index contributed by atoms with van der Waals surface area (Å²) in [5, 5.41) is 0. The van der Waals surface area contributed by atoms with Crippen LogP contribution in [0.15, 0.2) is 72.9 Å². The van der Waals surface area contributed by atoms with E-state index in [0.29, 0.717) is 19.3 Å². The van der Waals surface area contributed by atoms with Crippen molar-refractivity contribution < 1.29 is 28.6 Å². The molecule has 0 rings (SSSR count). The molecule has 476 valence electrons. The molecule has 0 aromatic rings. The van der Waals surface area contributed by atoms with Crippen LogP contribution < -0.4 is 0 Å². The van der Waals surface area contributed by atoms with Crippen molar-refractivity contribution in [3.05, 3.63) is 72.9 Å². The van der Waals surface area contributed by atoms with Crippen molar-refractivity contribution in [2.75, 3.05) is 13.2 Å². The Labute approximate surface area is 510 Å². The molecule has 0 aromatic carbocycles. The van der Waals surface area contributed by atoms with Crippen molar-refractivity contribution in [1.29, 1.82) is 0 Å². The van der Waals surface area contributed by atoms with E-state index in [0.717, 1.165) is 77.0 Å². The highest BCUT2D eigenvalue weighted by molar-refractivity contribution is 5.71. The lowest BCUT2D eigenvalue weighted by Gasteiger charge is -2.18. The number of allylic oxidation sites excluding steroid dienone is 12. The molecule has 0 aliphatic rings. The van der Waals surface area contributed by atoms with Crippen LogP contribution in [0.5, 0.6) is 0 Å². The molecule has 0 saturated heterocycles. The number of esters is 3. The minimum absolute atomic E-state index is 0.101. The maximum absolute atomic E-state index is 12.9. The van der Waals surface area contributed by atoms with Crippen molar-refractivity contribution in [1.82, 2.24) is 0 Å². The summed E-state index contributed by atoms with van der Waals surface area (Å²) in [5.74, 6) is -0.962. The maximum atomic E-state index is 12.9. The van der Waals surface area contributed by atoms with E-state index >= 15 is 0 Å². The van der Waals surface area contributed by atoms with Crippen LogP contribution in [0, 0.1) is 0 Å². The van der Waals surface area contributed by atoms with Gasteiger partial charge < -0.3 is 14.2 Å². The van der Waals surface area contributed by atoms with E-state index in [1.807, 2.05) is 6.08 Å². The molecule has 0 aliphatic carbocycles. The molecule has 6 heteroatoms. The Balaban J connectivity index is 4.32. The highest BCUT2D eigenvalue weighted by Gasteiger charge is 2.19. The zero-order valence-corrected chi connectivity index (χ0v) is 54.8. The van der Waals surface area contributed by atoms with Gasteiger partial charge in [-0.05, 0) is 57.8 Å². The number of hydrogen-bond donors (Lipinski definition) is 0. The minimum Gasteiger partial charge on any atom is -0.462 e. The van der Waals surface area contributed by atoms with Crippen LogP contribution in [0.2, 0.25) is 0 Å². The van der Waals surface area contributed by atoms with Gasteiger partial charge in [-0.1, -0.05) is 370 Å². The van der Waals surface area contributed by atoms with Crippen LogP contribution in [-0.2, 0) is 28.6 Å². The summed E-state index contributed by atoms with van der Waals surface area (Å²) < 4.78 is 16.9. The molecule has 1 atom stereocenters. The van der Waals surface area contributed by atoms with Gasteiger partial charge in [-0.3, -0.25) is 14.4 Å². The van der Waals surface area contributed by atoms with Crippen LogP contribution in [0.1, 0.15) is 374 Å². The van der Waals surface area contributed by atoms with Crippen molar-refractivity contribution in [3.8, 4) is 0 Å². The Bertz CT molecular complexity index is 1500. The van der Waals surface area contributed by atoms with Gasteiger partial charge in [-0.2, -0.15) is 0 Å². The van der Waals surface area contributed by atoms with Crippen LogP contribution in [0.3, 0.4) is 0 Å². The number of carbonyl (C=O) groups is 3. The number of ether oxygens (including phenoxy) is 3. The Morgan fingerprint density at radius 1 is 0.256 bits per heavy atom. The van der Waals surface area contributed by atoms with Gasteiger partial charge in [0.1, 0.15) is 13.2 Å². The second-order valence-corrected chi connectivity index (χ2v) is 24.1. The van der Waals surface area contributed by atoms with Gasteiger partial charge in [0, 0.05) is 19.3 Å². The van der Waals surface area contributed by atoms with Gasteiger partial charge in [0.25, 0.3) is 0 Å². The predicted octanol–water partition coefficient (Wildman–Crippen LogP) is 24.8. The van der Waals surface area contributed by atoms with Gasteiger partial charge in [0.05, 0.1) is 0 Å². The van der Waals surface area contributed by atoms with Gasteiger partial charge in [0.15, 0.2) is 6.10 Å². The molecule has 1 unspecified atom stereocenters. The normalized spacial score (nSPS) is 12.5. The lowest BCUT2D eigenvalue weighted by Crippen LogP contribution is -2.30. The third kappa shape index (κ3) is 67.6. The van der Waals surface area contributed by atoms with Crippen molar-refractivity contribution in [2.24, 2.45) is 0 Å². The molecular weight excluding hydrogens is 1010 g/mol. The summed E-state index contributed by atoms with van der Waals surface area (Å²) in [5.41, 5.74) is 0. The van der Waals surface area contributed by atoms with Crippen LogP contribution in [0.25, 0.3) is 0 Å². The monoisotopic (exact) mass is 1150 g/mol. The van der Waals surface area contributed by atoms with Crippen LogP contribution in [-0.4, -0.2) is 37.2 Å². The van der Waals surface area contributed by atoms with E-state index in [-0.39, 0.29) is 37.5 Å². The fourth-order valence-electron chi connectivity index (χ4n) is 10.7. The number of hydrogen-bond acceptors (Lipinski definition) is 6. The lowest BCUT2D eigenvalue weighted by atomic mass is 10.0. The van der Waals surface area contributed by atoms with Crippen molar-refractivity contribution in [3.63, 3.8) is 0 Å². The maximum Gasteiger partial charge on any atom is 0.306 e. The molecule has 0 fully saturated rings. The molecular formula is C76H136O6. The highest BCUT2D eigenvalue weighted by Crippen LogP contribution is 2.19. The second kappa shape index (κ2) is 70.3. The number of unbranched alkanes of at least 4 members (excludes halogenated alkanes) is 43. The van der Waals surface area contributed by atoms with Crippen LogP contribution >= 0.6 is 0 Å². The first-order chi connectivity index (χ1) is 40.5. The van der Waals surface area contributed by atoms with Crippen molar-refractivity contribution >= 4 is 17.9 Å². The lowest BCUT2D eigenvalue weighted by molar-refractivity contribution is -0.166. The smallest absolute Gasteiger partial charge is 0.306 e. The summed E-state index contributed by atoms with van der Waals surface area (Å²) in [7, 11) is 0. The van der Waals surface area contributed by atoms with Crippen LogP contribution in [0.4, 0.5) is 0 Å². The van der Waals surface area contributed by atoms with E-state index in [1.165, 1.54) is 250 Å². The summed E-state index contributed by atoms with van der Waals surface area (Å²) in [6, 6.07) is 0. The van der Waals surface area contributed by atoms with E-state index in [4.69, 9.17) is 14.2 Å². The summed E-state index contributed by atoms with van der Waals surface area (Å²) in [4.78, 5) is 38.4. The van der Waals surface area contributed by atoms with Gasteiger partial charge >= 0.3 is 17.9 Å². The zero-order chi connectivity index (χ0) is 59.2. The standard InChI is InChI=1S/C76H136O6/c1-4-7-10-13-16-19-22-25-28-31-33-34-35-36-37-38-39-40-41-43-45-48-51-54-57-60-63-66-69-75(78)81-72-73(71-80-74(77)68-65-62-59-56-53-50-47-44-30-27-24-21-18-15-12-9-6-3)82-76(79)70-67-64-61-58-55-52-49-46-42-32-29-26-23-20-17-14-11-8-5-2/h8,11,17,20,26,29,42,46,52,55,61,64,73H,4-7,9-10,12-16,18-19,21-25,27-28,30-41,43-45,47-51,53-54,56-60,62-63,65-72H2,1-3H3/b11-8-,20-17-,29-26-,46-42-,55-52-,64-61-. The average Bonchev–Trinajstić information content (AvgIpc) is 3.47. The Morgan fingerprint density at radius 3 is 0.720 bits per heavy atom. The van der Waals surface area contributed by atoms with Crippen molar-refractivity contribution in [2.45, 2.75) is 380 Å². The molecule has 0 saturated carbocycles. The third-order valence-corrected chi connectivity index (χ3v) is 16.0. The number of carbonyl (C=O) groups excluding carboxylic acids is 3. The largest absolute Gasteiger partial charge is 0.462 e.